The molecular weight excluding hydrogens is 839 g/mol. The van der Waals surface area contributed by atoms with Crippen LogP contribution in [0.5, 0.6) is 0 Å². The molecule has 1 saturated heterocycles. The van der Waals surface area contributed by atoms with E-state index in [1.165, 1.54) is 32.7 Å². The van der Waals surface area contributed by atoms with Crippen LogP contribution in [-0.4, -0.2) is 71.0 Å². The van der Waals surface area contributed by atoms with Crippen LogP contribution in [0.4, 0.5) is 0 Å². The Morgan fingerprint density at radius 1 is 0.667 bits per heavy atom. The fourth-order valence-electron chi connectivity index (χ4n) is 9.54. The number of ether oxygens (including phenoxy) is 2. The molecule has 6 rings (SSSR count). The predicted octanol–water partition coefficient (Wildman–Crippen LogP) is 11.7. The monoisotopic (exact) mass is 916 g/mol. The van der Waals surface area contributed by atoms with E-state index in [4.69, 9.17) is 9.47 Å². The summed E-state index contributed by atoms with van der Waals surface area (Å²) in [6.45, 7) is 10.3. The Balaban J connectivity index is 1.07. The summed E-state index contributed by atoms with van der Waals surface area (Å²) in [7, 11) is -2.65. The van der Waals surface area contributed by atoms with Gasteiger partial charge >= 0.3 is 0 Å². The fourth-order valence-corrected chi connectivity index (χ4v) is 11.5. The molecule has 1 heterocycles. The minimum absolute atomic E-state index is 0.00471. The molecule has 6 atom stereocenters. The van der Waals surface area contributed by atoms with E-state index in [0.29, 0.717) is 12.8 Å². The molecule has 356 valence electrons. The molecule has 0 bridgehead atoms. The van der Waals surface area contributed by atoms with Gasteiger partial charge in [-0.05, 0) is 81.8 Å². The second kappa shape index (κ2) is 24.2. The standard InChI is InChI=1S/C57H77NO7Si/c1-56(2,3)66(4,5)54(62)51-53(61)57(63,49(59)39-19-12-8-6-10-17-29-43-33-25-35-45-31-21-23-37-47(43)45)52(55(65-51)64-41-42-27-15-14-16-28-42)58-50(60)40-20-13-9-7-11-18-30-44-34-26-36-46-32-22-24-38-48(44)46/h14-16,21-28,31-38,51-55,61-63H,6-13,17-20,29-30,39-41H2,1-5H3,(H,58,60)/t51-,52+,53+,54?,55-,57+/m0/s1. The zero-order valence-electron chi connectivity index (χ0n) is 40.4. The van der Waals surface area contributed by atoms with Gasteiger partial charge in [0.05, 0.1) is 20.4 Å². The maximum absolute atomic E-state index is 14.6. The average molecular weight is 916 g/mol. The van der Waals surface area contributed by atoms with Crippen LogP contribution >= 0.6 is 0 Å². The van der Waals surface area contributed by atoms with Gasteiger partial charge in [0.25, 0.3) is 0 Å². The first-order valence-corrected chi connectivity index (χ1v) is 27.9. The van der Waals surface area contributed by atoms with E-state index in [1.807, 2.05) is 43.4 Å². The van der Waals surface area contributed by atoms with Crippen molar-refractivity contribution in [3.63, 3.8) is 0 Å². The van der Waals surface area contributed by atoms with E-state index in [1.54, 1.807) is 0 Å². The number of amides is 1. The number of carbonyl (C=O) groups is 2. The highest BCUT2D eigenvalue weighted by Crippen LogP contribution is 2.43. The van der Waals surface area contributed by atoms with Crippen molar-refractivity contribution in [1.82, 2.24) is 5.32 Å². The average Bonchev–Trinajstić information content (AvgIpc) is 3.31. The summed E-state index contributed by atoms with van der Waals surface area (Å²) in [6, 6.07) is 38.1. The third-order valence-electron chi connectivity index (χ3n) is 14.8. The first kappa shape index (κ1) is 51.2. The topological polar surface area (TPSA) is 125 Å². The summed E-state index contributed by atoms with van der Waals surface area (Å²) in [4.78, 5) is 28.4. The molecule has 4 N–H and O–H groups in total. The lowest BCUT2D eigenvalue weighted by molar-refractivity contribution is -0.299. The van der Waals surface area contributed by atoms with Crippen LogP contribution in [0.2, 0.25) is 18.1 Å². The molecule has 0 aromatic heterocycles. The number of carbonyl (C=O) groups excluding carboxylic acids is 2. The number of aliphatic hydroxyl groups excluding tert-OH is 2. The van der Waals surface area contributed by atoms with Gasteiger partial charge in [0.15, 0.2) is 17.7 Å². The minimum atomic E-state index is -2.65. The van der Waals surface area contributed by atoms with Gasteiger partial charge in [-0.15, -0.1) is 0 Å². The first-order chi connectivity index (χ1) is 31.7. The second-order valence-electron chi connectivity index (χ2n) is 20.4. The normalized spacial score (nSPS) is 20.7. The number of benzene rings is 5. The lowest BCUT2D eigenvalue weighted by Gasteiger charge is -2.53. The molecule has 0 radical (unpaired) electrons. The number of nitrogens with one attached hydrogen (secondary N) is 1. The molecule has 8 nitrogen and oxygen atoms in total. The Hall–Kier alpha value is -4.22. The van der Waals surface area contributed by atoms with E-state index in [0.717, 1.165) is 82.6 Å². The number of aliphatic hydroxyl groups is 3. The lowest BCUT2D eigenvalue weighted by Crippen LogP contribution is -2.77. The Kier molecular flexibility index (Phi) is 18.7. The van der Waals surface area contributed by atoms with E-state index in [9.17, 15) is 24.9 Å². The van der Waals surface area contributed by atoms with Crippen molar-refractivity contribution in [2.24, 2.45) is 0 Å². The fraction of sp³-hybridized carbons (Fsp3) is 0.509. The van der Waals surface area contributed by atoms with Gasteiger partial charge in [0.1, 0.15) is 18.2 Å². The van der Waals surface area contributed by atoms with Crippen molar-refractivity contribution in [3.05, 3.63) is 132 Å². The smallest absolute Gasteiger partial charge is 0.220 e. The number of unbranched alkanes of at least 4 members (excludes halogenated alkanes) is 10. The lowest BCUT2D eigenvalue weighted by atomic mass is 9.77. The van der Waals surface area contributed by atoms with Crippen LogP contribution in [-0.2, 0) is 38.5 Å². The minimum Gasteiger partial charge on any atom is -0.394 e. The molecule has 5 aromatic carbocycles. The SMILES string of the molecule is CC(C)(C)[Si](C)(C)C(O)[C@H]1O[C@H](OCc2ccccc2)[C@@H](NC(=O)CCCCCCCCc2cccc3ccccc23)[C@](O)(C(=O)CCCCCCCCc2cccc3ccccc23)[C@@H]1O. The molecule has 66 heavy (non-hydrogen) atoms. The Morgan fingerprint density at radius 3 is 1.68 bits per heavy atom. The molecule has 0 saturated carbocycles. The molecule has 1 aliphatic heterocycles. The van der Waals surface area contributed by atoms with Gasteiger partial charge in [0.2, 0.25) is 5.91 Å². The van der Waals surface area contributed by atoms with E-state index in [-0.39, 0.29) is 30.4 Å². The van der Waals surface area contributed by atoms with Crippen molar-refractivity contribution in [2.45, 2.75) is 184 Å². The Morgan fingerprint density at radius 2 is 1.14 bits per heavy atom. The third-order valence-corrected chi connectivity index (χ3v) is 20.4. The molecule has 1 amide bonds. The van der Waals surface area contributed by atoms with Gasteiger partial charge < -0.3 is 30.1 Å². The van der Waals surface area contributed by atoms with Gasteiger partial charge in [-0.3, -0.25) is 9.59 Å². The first-order valence-electron chi connectivity index (χ1n) is 24.9. The highest BCUT2D eigenvalue weighted by Gasteiger charge is 2.63. The van der Waals surface area contributed by atoms with Gasteiger partial charge in [-0.2, -0.15) is 0 Å². The maximum atomic E-state index is 14.6. The highest BCUT2D eigenvalue weighted by atomic mass is 28.3. The zero-order valence-corrected chi connectivity index (χ0v) is 41.4. The number of Topliss-reactive ketones (excluding diaryl/α,β-unsaturated/α-hetero) is 1. The van der Waals surface area contributed by atoms with E-state index < -0.39 is 49.7 Å². The maximum Gasteiger partial charge on any atom is 0.220 e. The molecule has 1 unspecified atom stereocenters. The van der Waals surface area contributed by atoms with Crippen LogP contribution in [0.15, 0.2) is 115 Å². The molecule has 0 aliphatic carbocycles. The summed E-state index contributed by atoms with van der Waals surface area (Å²) in [5.74, 6) is -0.929. The summed E-state index contributed by atoms with van der Waals surface area (Å²) in [5.41, 5.74) is -0.0432. The van der Waals surface area contributed by atoms with Crippen molar-refractivity contribution < 1.29 is 34.4 Å². The van der Waals surface area contributed by atoms with Crippen LogP contribution in [0, 0.1) is 0 Å². The Bertz CT molecular complexity index is 2280. The largest absolute Gasteiger partial charge is 0.394 e. The van der Waals surface area contributed by atoms with E-state index in [2.05, 4.69) is 111 Å². The number of hydrogen-bond donors (Lipinski definition) is 4. The van der Waals surface area contributed by atoms with Crippen molar-refractivity contribution >= 4 is 41.3 Å². The molecule has 1 fully saturated rings. The van der Waals surface area contributed by atoms with Gasteiger partial charge in [-0.25, -0.2) is 0 Å². The highest BCUT2D eigenvalue weighted by molar-refractivity contribution is 6.81. The number of rotatable bonds is 25. The molecule has 1 aliphatic rings. The predicted molar refractivity (Wildman–Crippen MR) is 271 cm³/mol. The summed E-state index contributed by atoms with van der Waals surface area (Å²) in [5, 5.41) is 44.9. The number of ketones is 1. The van der Waals surface area contributed by atoms with E-state index >= 15 is 0 Å². The van der Waals surface area contributed by atoms with Crippen LogP contribution in [0.25, 0.3) is 21.5 Å². The summed E-state index contributed by atoms with van der Waals surface area (Å²) < 4.78 is 12.9. The second-order valence-corrected chi connectivity index (χ2v) is 26.0. The number of hydrogen-bond acceptors (Lipinski definition) is 7. The third kappa shape index (κ3) is 13.1. The van der Waals surface area contributed by atoms with Crippen LogP contribution in [0.3, 0.4) is 0 Å². The Labute approximate surface area is 395 Å². The summed E-state index contributed by atoms with van der Waals surface area (Å²) in [6.07, 6.45) is 9.01. The quantitative estimate of drug-likeness (QED) is 0.0339. The zero-order chi connectivity index (χ0) is 47.2. The molecule has 5 aromatic rings. The summed E-state index contributed by atoms with van der Waals surface area (Å²) >= 11 is 0. The van der Waals surface area contributed by atoms with Crippen molar-refractivity contribution in [3.8, 4) is 0 Å². The van der Waals surface area contributed by atoms with Gasteiger partial charge in [0, 0.05) is 12.8 Å². The molecule has 9 heteroatoms. The van der Waals surface area contributed by atoms with Crippen molar-refractivity contribution in [2.75, 3.05) is 0 Å². The number of aryl methyl sites for hydroxylation is 2. The van der Waals surface area contributed by atoms with Crippen LogP contribution in [0.1, 0.15) is 127 Å². The molecule has 0 spiro atoms. The van der Waals surface area contributed by atoms with Crippen LogP contribution < -0.4 is 5.32 Å². The van der Waals surface area contributed by atoms with Gasteiger partial charge in [-0.1, -0.05) is 200 Å². The van der Waals surface area contributed by atoms with Crippen molar-refractivity contribution in [1.29, 1.82) is 0 Å². The number of fused-ring (bicyclic) bond motifs is 2. The molecular formula is C57H77NO7Si.